The van der Waals surface area contributed by atoms with E-state index in [2.05, 4.69) is 21.2 Å². The van der Waals surface area contributed by atoms with Crippen molar-refractivity contribution in [3.8, 4) is 0 Å². The van der Waals surface area contributed by atoms with Crippen molar-refractivity contribution in [2.45, 2.75) is 37.7 Å². The van der Waals surface area contributed by atoms with Gasteiger partial charge in [-0.25, -0.2) is 0 Å². The molecule has 0 heterocycles. The second-order valence-corrected chi connectivity index (χ2v) is 5.90. The van der Waals surface area contributed by atoms with Crippen LogP contribution in [-0.4, -0.2) is 23.2 Å². The van der Waals surface area contributed by atoms with Crippen LogP contribution in [0.2, 0.25) is 0 Å². The number of halogens is 1. The summed E-state index contributed by atoms with van der Waals surface area (Å²) in [5, 5.41) is 12.7. The monoisotopic (exact) mass is 311 g/mol. The molecule has 18 heavy (non-hydrogen) atoms. The Morgan fingerprint density at radius 1 is 1.33 bits per heavy atom. The Kier molecular flexibility index (Phi) is 4.40. The highest BCUT2D eigenvalue weighted by atomic mass is 79.9. The topological polar surface area (TPSA) is 49.3 Å². The number of rotatable bonds is 5. The van der Waals surface area contributed by atoms with Crippen LogP contribution < -0.4 is 5.32 Å². The molecule has 0 aliphatic heterocycles. The summed E-state index contributed by atoms with van der Waals surface area (Å²) in [7, 11) is 0. The number of aliphatic hydroxyl groups is 1. The number of nitrogens with one attached hydrogen (secondary N) is 1. The molecule has 1 aliphatic carbocycles. The summed E-state index contributed by atoms with van der Waals surface area (Å²) < 4.78 is 1.04. The highest BCUT2D eigenvalue weighted by molar-refractivity contribution is 9.10. The molecule has 4 heteroatoms. The van der Waals surface area contributed by atoms with E-state index in [1.54, 1.807) is 0 Å². The first-order valence-corrected chi connectivity index (χ1v) is 7.10. The molecule has 98 valence electrons. The summed E-state index contributed by atoms with van der Waals surface area (Å²) in [5.41, 5.74) is 0.517. The van der Waals surface area contributed by atoms with Gasteiger partial charge in [0, 0.05) is 17.4 Å². The molecule has 1 aliphatic rings. The molecule has 2 N–H and O–H groups in total. The quantitative estimate of drug-likeness (QED) is 0.877. The van der Waals surface area contributed by atoms with Crippen LogP contribution in [0.4, 0.5) is 0 Å². The molecule has 1 aromatic carbocycles. The lowest BCUT2D eigenvalue weighted by molar-refractivity contribution is -0.123. The van der Waals surface area contributed by atoms with Crippen molar-refractivity contribution >= 4 is 21.8 Å². The van der Waals surface area contributed by atoms with Gasteiger partial charge >= 0.3 is 0 Å². The second-order valence-electron chi connectivity index (χ2n) is 4.98. The van der Waals surface area contributed by atoms with E-state index in [1.807, 2.05) is 24.3 Å². The van der Waals surface area contributed by atoms with Gasteiger partial charge in [-0.05, 0) is 43.4 Å². The highest BCUT2D eigenvalue weighted by Crippen LogP contribution is 2.30. The van der Waals surface area contributed by atoms with Gasteiger partial charge in [-0.2, -0.15) is 0 Å². The fraction of sp³-hybridized carbons (Fsp3) is 0.500. The summed E-state index contributed by atoms with van der Waals surface area (Å²) in [6, 6.07) is 7.97. The van der Waals surface area contributed by atoms with Crippen LogP contribution in [-0.2, 0) is 11.2 Å². The second kappa shape index (κ2) is 5.85. The van der Waals surface area contributed by atoms with E-state index < -0.39 is 5.60 Å². The normalized spacial score (nSPS) is 17.0. The van der Waals surface area contributed by atoms with Crippen molar-refractivity contribution in [3.05, 3.63) is 34.3 Å². The van der Waals surface area contributed by atoms with E-state index >= 15 is 0 Å². The molecule has 0 radical (unpaired) electrons. The smallest absolute Gasteiger partial charge is 0.220 e. The summed E-state index contributed by atoms with van der Waals surface area (Å²) in [6.45, 7) is 0.395. The van der Waals surface area contributed by atoms with Gasteiger partial charge in [-0.1, -0.05) is 28.1 Å². The molecule has 3 nitrogen and oxygen atoms in total. The van der Waals surface area contributed by atoms with Crippen molar-refractivity contribution in [1.82, 2.24) is 5.32 Å². The summed E-state index contributed by atoms with van der Waals surface area (Å²) in [6.07, 6.45) is 3.88. The average Bonchev–Trinajstić information content (AvgIpc) is 2.33. The number of carbonyl (C=O) groups excluding carboxylic acids is 1. The predicted molar refractivity (Wildman–Crippen MR) is 74.3 cm³/mol. The van der Waals surface area contributed by atoms with Crippen LogP contribution in [0.1, 0.15) is 31.2 Å². The Balaban J connectivity index is 1.69. The molecule has 0 atom stereocenters. The van der Waals surface area contributed by atoms with E-state index in [9.17, 15) is 9.90 Å². The largest absolute Gasteiger partial charge is 0.388 e. The van der Waals surface area contributed by atoms with E-state index in [0.717, 1.165) is 35.7 Å². The van der Waals surface area contributed by atoms with Gasteiger partial charge in [-0.15, -0.1) is 0 Å². The van der Waals surface area contributed by atoms with Crippen LogP contribution in [0.3, 0.4) is 0 Å². The van der Waals surface area contributed by atoms with Crippen LogP contribution in [0.15, 0.2) is 28.7 Å². The molecule has 1 amide bonds. The van der Waals surface area contributed by atoms with Crippen LogP contribution in [0, 0.1) is 0 Å². The van der Waals surface area contributed by atoms with Gasteiger partial charge in [0.25, 0.3) is 0 Å². The molecule has 1 aromatic rings. The molecule has 0 spiro atoms. The lowest BCUT2D eigenvalue weighted by atomic mass is 9.80. The highest BCUT2D eigenvalue weighted by Gasteiger charge is 2.34. The maximum atomic E-state index is 11.6. The zero-order valence-electron chi connectivity index (χ0n) is 10.3. The van der Waals surface area contributed by atoms with Gasteiger partial charge < -0.3 is 10.4 Å². The Morgan fingerprint density at radius 2 is 2.00 bits per heavy atom. The van der Waals surface area contributed by atoms with E-state index in [0.29, 0.717) is 13.0 Å². The van der Waals surface area contributed by atoms with E-state index in [-0.39, 0.29) is 5.91 Å². The van der Waals surface area contributed by atoms with Crippen LogP contribution in [0.5, 0.6) is 0 Å². The van der Waals surface area contributed by atoms with Crippen molar-refractivity contribution in [2.75, 3.05) is 6.54 Å². The number of carbonyl (C=O) groups is 1. The Labute approximate surface area is 116 Å². The first kappa shape index (κ1) is 13.6. The fourth-order valence-electron chi connectivity index (χ4n) is 2.02. The van der Waals surface area contributed by atoms with Gasteiger partial charge in [0.2, 0.25) is 5.91 Å². The van der Waals surface area contributed by atoms with Crippen molar-refractivity contribution in [1.29, 1.82) is 0 Å². The molecule has 0 aromatic heterocycles. The number of amides is 1. The van der Waals surface area contributed by atoms with Gasteiger partial charge in [0.1, 0.15) is 0 Å². The predicted octanol–water partition coefficient (Wildman–Crippen LogP) is 2.41. The van der Waals surface area contributed by atoms with E-state index in [4.69, 9.17) is 0 Å². The minimum atomic E-state index is -0.632. The minimum absolute atomic E-state index is 0.0123. The SMILES string of the molecule is O=C(CCc1ccc(Br)cc1)NCC1(O)CCC1. The third-order valence-electron chi connectivity index (χ3n) is 3.45. The van der Waals surface area contributed by atoms with Crippen molar-refractivity contribution < 1.29 is 9.90 Å². The lowest BCUT2D eigenvalue weighted by Gasteiger charge is -2.36. The summed E-state index contributed by atoms with van der Waals surface area (Å²) in [5.74, 6) is 0.0123. The minimum Gasteiger partial charge on any atom is -0.388 e. The zero-order valence-corrected chi connectivity index (χ0v) is 11.9. The lowest BCUT2D eigenvalue weighted by Crippen LogP contribution is -2.47. The molecule has 0 saturated heterocycles. The maximum Gasteiger partial charge on any atom is 0.220 e. The molecule has 0 bridgehead atoms. The standard InChI is InChI=1S/C14H18BrNO2/c15-12-5-2-11(3-6-12)4-7-13(17)16-10-14(18)8-1-9-14/h2-3,5-6,18H,1,4,7-10H2,(H,16,17). The first-order valence-electron chi connectivity index (χ1n) is 6.31. The van der Waals surface area contributed by atoms with Gasteiger partial charge in [0.05, 0.1) is 5.60 Å². The third-order valence-corrected chi connectivity index (χ3v) is 3.98. The molecular formula is C14H18BrNO2. The van der Waals surface area contributed by atoms with Crippen molar-refractivity contribution in [3.63, 3.8) is 0 Å². The Morgan fingerprint density at radius 3 is 2.56 bits per heavy atom. The molecule has 0 unspecified atom stereocenters. The van der Waals surface area contributed by atoms with Gasteiger partial charge in [-0.3, -0.25) is 4.79 Å². The first-order chi connectivity index (χ1) is 8.57. The molecular weight excluding hydrogens is 294 g/mol. The molecule has 1 fully saturated rings. The van der Waals surface area contributed by atoms with E-state index in [1.165, 1.54) is 0 Å². The number of hydrogen-bond donors (Lipinski definition) is 2. The summed E-state index contributed by atoms with van der Waals surface area (Å²) >= 11 is 3.38. The zero-order chi connectivity index (χ0) is 13.0. The Bertz CT molecular complexity index is 412. The van der Waals surface area contributed by atoms with Crippen molar-refractivity contribution in [2.24, 2.45) is 0 Å². The Hall–Kier alpha value is -0.870. The number of hydrogen-bond acceptors (Lipinski definition) is 2. The molecule has 2 rings (SSSR count). The van der Waals surface area contributed by atoms with Crippen LogP contribution in [0.25, 0.3) is 0 Å². The van der Waals surface area contributed by atoms with Gasteiger partial charge in [0.15, 0.2) is 0 Å². The summed E-state index contributed by atoms with van der Waals surface area (Å²) in [4.78, 5) is 11.6. The third kappa shape index (κ3) is 3.82. The molecule has 1 saturated carbocycles. The van der Waals surface area contributed by atoms with Crippen LogP contribution >= 0.6 is 15.9 Å². The average molecular weight is 312 g/mol. The fourth-order valence-corrected chi connectivity index (χ4v) is 2.29. The maximum absolute atomic E-state index is 11.6. The number of aryl methyl sites for hydroxylation is 1. The number of benzene rings is 1.